The van der Waals surface area contributed by atoms with E-state index >= 15 is 0 Å². The molecule has 0 saturated heterocycles. The standard InChI is InChI=1S/C16H22O3S/c1-3-5-7-12-14(15(17)16(18)19-4-2)20-13-10-8-6-9-11-13/h6,8-11,14H,3-5,7,12H2,1-2H3. The number of carbonyl (C=O) groups is 2. The van der Waals surface area contributed by atoms with Crippen molar-refractivity contribution in [1.82, 2.24) is 0 Å². The maximum Gasteiger partial charge on any atom is 0.375 e. The predicted octanol–water partition coefficient (Wildman–Crippen LogP) is 3.86. The summed E-state index contributed by atoms with van der Waals surface area (Å²) in [4.78, 5) is 24.8. The number of carbonyl (C=O) groups excluding carboxylic acids is 2. The molecule has 0 spiro atoms. The van der Waals surface area contributed by atoms with E-state index in [4.69, 9.17) is 4.74 Å². The van der Waals surface area contributed by atoms with Crippen molar-refractivity contribution in [3.8, 4) is 0 Å². The molecule has 0 aliphatic carbocycles. The molecule has 0 radical (unpaired) electrons. The topological polar surface area (TPSA) is 43.4 Å². The van der Waals surface area contributed by atoms with Crippen LogP contribution in [0, 0.1) is 0 Å². The fourth-order valence-electron chi connectivity index (χ4n) is 1.82. The van der Waals surface area contributed by atoms with Crippen molar-refractivity contribution < 1.29 is 14.3 Å². The Morgan fingerprint density at radius 1 is 1.15 bits per heavy atom. The van der Waals surface area contributed by atoms with Gasteiger partial charge in [-0.3, -0.25) is 4.79 Å². The van der Waals surface area contributed by atoms with Crippen LogP contribution in [0.3, 0.4) is 0 Å². The number of Topliss-reactive ketones (excluding diaryl/α,β-unsaturated/α-hetero) is 1. The lowest BCUT2D eigenvalue weighted by atomic mass is 10.1. The molecule has 1 aromatic rings. The summed E-state index contributed by atoms with van der Waals surface area (Å²) in [6, 6.07) is 9.70. The lowest BCUT2D eigenvalue weighted by Gasteiger charge is -2.14. The van der Waals surface area contributed by atoms with Crippen molar-refractivity contribution in [3.05, 3.63) is 30.3 Å². The number of hydrogen-bond acceptors (Lipinski definition) is 4. The molecule has 0 fully saturated rings. The lowest BCUT2D eigenvalue weighted by Crippen LogP contribution is -2.28. The van der Waals surface area contributed by atoms with Crippen molar-refractivity contribution in [2.45, 2.75) is 49.7 Å². The Bertz CT molecular complexity index is 417. The van der Waals surface area contributed by atoms with Gasteiger partial charge in [0.15, 0.2) is 0 Å². The van der Waals surface area contributed by atoms with Gasteiger partial charge in [-0.15, -0.1) is 11.8 Å². The Morgan fingerprint density at radius 3 is 2.45 bits per heavy atom. The van der Waals surface area contributed by atoms with Crippen LogP contribution in [0.25, 0.3) is 0 Å². The molecule has 0 N–H and O–H groups in total. The minimum absolute atomic E-state index is 0.238. The first-order valence-electron chi connectivity index (χ1n) is 7.11. The zero-order valence-electron chi connectivity index (χ0n) is 12.1. The highest BCUT2D eigenvalue weighted by Gasteiger charge is 2.27. The van der Waals surface area contributed by atoms with Crippen molar-refractivity contribution in [1.29, 1.82) is 0 Å². The van der Waals surface area contributed by atoms with Gasteiger partial charge < -0.3 is 4.74 Å². The fourth-order valence-corrected chi connectivity index (χ4v) is 2.95. The molecule has 0 aliphatic heterocycles. The average Bonchev–Trinajstić information content (AvgIpc) is 2.47. The Hall–Kier alpha value is -1.29. The Kier molecular flexibility index (Phi) is 8.04. The Labute approximate surface area is 125 Å². The molecular formula is C16H22O3S. The zero-order valence-corrected chi connectivity index (χ0v) is 12.9. The summed E-state index contributed by atoms with van der Waals surface area (Å²) >= 11 is 1.45. The molecule has 4 heteroatoms. The molecular weight excluding hydrogens is 272 g/mol. The van der Waals surface area contributed by atoms with Crippen LogP contribution in [-0.4, -0.2) is 23.6 Å². The summed E-state index contributed by atoms with van der Waals surface area (Å²) in [6.07, 6.45) is 3.83. The maximum absolute atomic E-state index is 12.1. The van der Waals surface area contributed by atoms with Gasteiger partial charge in [-0.05, 0) is 25.5 Å². The quantitative estimate of drug-likeness (QED) is 0.300. The summed E-state index contributed by atoms with van der Waals surface area (Å²) in [5, 5.41) is -0.344. The second kappa shape index (κ2) is 9.59. The van der Waals surface area contributed by atoms with Gasteiger partial charge in [0.1, 0.15) is 0 Å². The molecule has 0 bridgehead atoms. The van der Waals surface area contributed by atoms with Gasteiger partial charge >= 0.3 is 5.97 Å². The molecule has 0 saturated carbocycles. The van der Waals surface area contributed by atoms with E-state index in [2.05, 4.69) is 6.92 Å². The van der Waals surface area contributed by atoms with Crippen molar-refractivity contribution in [2.24, 2.45) is 0 Å². The average molecular weight is 294 g/mol. The summed E-state index contributed by atoms with van der Waals surface area (Å²) in [6.45, 7) is 4.07. The highest BCUT2D eigenvalue weighted by molar-refractivity contribution is 8.00. The monoisotopic (exact) mass is 294 g/mol. The van der Waals surface area contributed by atoms with Crippen molar-refractivity contribution >= 4 is 23.5 Å². The lowest BCUT2D eigenvalue weighted by molar-refractivity contribution is -0.153. The second-order valence-electron chi connectivity index (χ2n) is 4.50. The number of rotatable bonds is 9. The second-order valence-corrected chi connectivity index (χ2v) is 5.78. The van der Waals surface area contributed by atoms with Gasteiger partial charge in [-0.2, -0.15) is 0 Å². The number of thioether (sulfide) groups is 1. The molecule has 0 heterocycles. The third-order valence-corrected chi connectivity index (χ3v) is 4.14. The van der Waals surface area contributed by atoms with Crippen LogP contribution >= 0.6 is 11.8 Å². The van der Waals surface area contributed by atoms with Crippen LogP contribution in [0.15, 0.2) is 35.2 Å². The predicted molar refractivity (Wildman–Crippen MR) is 81.9 cm³/mol. The number of ketones is 1. The number of ether oxygens (including phenoxy) is 1. The van der Waals surface area contributed by atoms with Gasteiger partial charge in [0.05, 0.1) is 11.9 Å². The molecule has 1 rings (SSSR count). The molecule has 3 nitrogen and oxygen atoms in total. The minimum Gasteiger partial charge on any atom is -0.460 e. The Balaban J connectivity index is 2.68. The number of hydrogen-bond donors (Lipinski definition) is 0. The van der Waals surface area contributed by atoms with E-state index in [0.717, 1.165) is 24.2 Å². The number of benzene rings is 1. The van der Waals surface area contributed by atoms with Crippen LogP contribution in [0.5, 0.6) is 0 Å². The number of esters is 1. The molecule has 0 aromatic heterocycles. The largest absolute Gasteiger partial charge is 0.460 e. The van der Waals surface area contributed by atoms with E-state index in [9.17, 15) is 9.59 Å². The third-order valence-electron chi connectivity index (χ3n) is 2.86. The number of unbranched alkanes of at least 4 members (excludes halogenated alkanes) is 2. The van der Waals surface area contributed by atoms with Crippen LogP contribution in [0.1, 0.15) is 39.5 Å². The van der Waals surface area contributed by atoms with E-state index in [1.807, 2.05) is 30.3 Å². The normalized spacial score (nSPS) is 11.9. The molecule has 110 valence electrons. The zero-order chi connectivity index (χ0) is 14.8. The van der Waals surface area contributed by atoms with Gasteiger partial charge in [0.25, 0.3) is 5.78 Å². The van der Waals surface area contributed by atoms with E-state index in [-0.39, 0.29) is 11.9 Å². The third kappa shape index (κ3) is 5.78. The summed E-state index contributed by atoms with van der Waals surface area (Å²) in [5.74, 6) is -1.13. The van der Waals surface area contributed by atoms with E-state index in [1.165, 1.54) is 11.8 Å². The maximum atomic E-state index is 12.1. The van der Waals surface area contributed by atoms with E-state index < -0.39 is 11.8 Å². The molecule has 1 aromatic carbocycles. The summed E-state index contributed by atoms with van der Waals surface area (Å²) in [5.41, 5.74) is 0. The van der Waals surface area contributed by atoms with Crippen LogP contribution in [-0.2, 0) is 14.3 Å². The summed E-state index contributed by atoms with van der Waals surface area (Å²) < 4.78 is 4.83. The van der Waals surface area contributed by atoms with Crippen LogP contribution in [0.4, 0.5) is 0 Å². The van der Waals surface area contributed by atoms with Gasteiger partial charge in [0, 0.05) is 4.90 Å². The first-order chi connectivity index (χ1) is 9.69. The first-order valence-corrected chi connectivity index (χ1v) is 7.99. The van der Waals surface area contributed by atoms with E-state index in [0.29, 0.717) is 6.42 Å². The molecule has 1 unspecified atom stereocenters. The van der Waals surface area contributed by atoms with E-state index in [1.54, 1.807) is 6.92 Å². The van der Waals surface area contributed by atoms with Crippen molar-refractivity contribution in [2.75, 3.05) is 6.61 Å². The van der Waals surface area contributed by atoms with Crippen LogP contribution < -0.4 is 0 Å². The molecule has 1 atom stereocenters. The SMILES string of the molecule is CCCCCC(Sc1ccccc1)C(=O)C(=O)OCC. The minimum atomic E-state index is -0.711. The smallest absolute Gasteiger partial charge is 0.375 e. The molecule has 20 heavy (non-hydrogen) atoms. The van der Waals surface area contributed by atoms with Gasteiger partial charge in [-0.25, -0.2) is 4.79 Å². The molecule has 0 amide bonds. The Morgan fingerprint density at radius 2 is 1.85 bits per heavy atom. The fraction of sp³-hybridized carbons (Fsp3) is 0.500. The molecule has 0 aliphatic rings. The summed E-state index contributed by atoms with van der Waals surface area (Å²) in [7, 11) is 0. The van der Waals surface area contributed by atoms with Gasteiger partial charge in [-0.1, -0.05) is 44.4 Å². The first kappa shape index (κ1) is 16.8. The highest BCUT2D eigenvalue weighted by Crippen LogP contribution is 2.27. The van der Waals surface area contributed by atoms with Gasteiger partial charge in [0.2, 0.25) is 0 Å². The van der Waals surface area contributed by atoms with Crippen molar-refractivity contribution in [3.63, 3.8) is 0 Å². The highest BCUT2D eigenvalue weighted by atomic mass is 32.2. The van der Waals surface area contributed by atoms with Crippen LogP contribution in [0.2, 0.25) is 0 Å².